The molecule has 0 spiro atoms. The number of aromatic amines is 1. The van der Waals surface area contributed by atoms with Crippen LogP contribution in [0.2, 0.25) is 5.02 Å². The number of nitrogens with zero attached hydrogens (tertiary/aromatic N) is 1. The zero-order valence-electron chi connectivity index (χ0n) is 14.8. The molecule has 0 atom stereocenters. The van der Waals surface area contributed by atoms with Gasteiger partial charge in [-0.15, -0.1) is 0 Å². The predicted molar refractivity (Wildman–Crippen MR) is 105 cm³/mol. The van der Waals surface area contributed by atoms with Crippen LogP contribution in [0.1, 0.15) is 16.8 Å². The molecule has 0 unspecified atom stereocenters. The van der Waals surface area contributed by atoms with E-state index in [0.717, 1.165) is 53.6 Å². The predicted octanol–water partition coefficient (Wildman–Crippen LogP) is 5.07. The number of hydrogen-bond acceptors (Lipinski definition) is 3. The van der Waals surface area contributed by atoms with Gasteiger partial charge >= 0.3 is 12.2 Å². The molecule has 2 aromatic carbocycles. The van der Waals surface area contributed by atoms with Gasteiger partial charge in [0.25, 0.3) is 0 Å². The van der Waals surface area contributed by atoms with E-state index in [2.05, 4.69) is 20.6 Å². The molecule has 5 N–H and O–H groups in total. The third-order valence-electron chi connectivity index (χ3n) is 4.60. The van der Waals surface area contributed by atoms with Crippen LogP contribution in [0.5, 0.6) is 0 Å². The molecule has 1 aliphatic rings. The van der Waals surface area contributed by atoms with E-state index in [1.54, 1.807) is 12.1 Å². The van der Waals surface area contributed by atoms with Gasteiger partial charge in [-0.25, -0.2) is 9.78 Å². The molecule has 10 heteroatoms. The van der Waals surface area contributed by atoms with Gasteiger partial charge in [0.15, 0.2) is 5.95 Å². The summed E-state index contributed by atoms with van der Waals surface area (Å²) in [6.07, 6.45) is -2.98. The fourth-order valence-electron chi connectivity index (χ4n) is 3.31. The second-order valence-electron chi connectivity index (χ2n) is 6.59. The van der Waals surface area contributed by atoms with Crippen LogP contribution in [-0.2, 0) is 19.0 Å². The number of nitrogens with one attached hydrogen (secondary N) is 3. The Morgan fingerprint density at radius 1 is 1.10 bits per heavy atom. The molecular weight excluding hydrogens is 407 g/mol. The first-order chi connectivity index (χ1) is 13.7. The van der Waals surface area contributed by atoms with Gasteiger partial charge in [-0.3, -0.25) is 0 Å². The van der Waals surface area contributed by atoms with Gasteiger partial charge in [0.05, 0.1) is 22.0 Å². The van der Waals surface area contributed by atoms with E-state index >= 15 is 0 Å². The smallest absolute Gasteiger partial charge is 0.369 e. The van der Waals surface area contributed by atoms with E-state index in [-0.39, 0.29) is 5.69 Å². The Morgan fingerprint density at radius 2 is 1.79 bits per heavy atom. The maximum atomic E-state index is 12.8. The van der Waals surface area contributed by atoms with Crippen LogP contribution in [0, 0.1) is 0 Å². The molecule has 2 amide bonds. The zero-order chi connectivity index (χ0) is 20.8. The Balaban J connectivity index is 1.51. The molecule has 1 aliphatic carbocycles. The molecule has 0 saturated heterocycles. The van der Waals surface area contributed by atoms with E-state index in [1.165, 1.54) is 0 Å². The van der Waals surface area contributed by atoms with E-state index in [4.69, 9.17) is 17.3 Å². The number of benzene rings is 2. The first-order valence-corrected chi connectivity index (χ1v) is 9.01. The number of carbonyl (C=O) groups excluding carboxylic acids is 1. The van der Waals surface area contributed by atoms with Crippen molar-refractivity contribution in [3.8, 4) is 11.3 Å². The van der Waals surface area contributed by atoms with Gasteiger partial charge in [0, 0.05) is 16.9 Å². The highest BCUT2D eigenvalue weighted by Gasteiger charge is 2.33. The van der Waals surface area contributed by atoms with Crippen molar-refractivity contribution in [1.29, 1.82) is 0 Å². The fourth-order valence-corrected chi connectivity index (χ4v) is 3.60. The number of aromatic nitrogens is 2. The standard InChI is InChI=1S/C19H15ClF3N5O/c20-14-8-11(4-5-13(14)19(21,22)23)26-18(29)25-10-3-1-9-2-6-15-16(12(9)7-10)28-17(24)27-15/h1,3-5,7-8H,2,6H2,(H3,24,27,28)(H2,25,26,29). The molecule has 0 saturated carbocycles. The summed E-state index contributed by atoms with van der Waals surface area (Å²) in [7, 11) is 0. The highest BCUT2D eigenvalue weighted by atomic mass is 35.5. The fraction of sp³-hybridized carbons (Fsp3) is 0.158. The van der Waals surface area contributed by atoms with Crippen LogP contribution < -0.4 is 16.4 Å². The number of alkyl halides is 3. The average molecular weight is 422 g/mol. The van der Waals surface area contributed by atoms with E-state index in [0.29, 0.717) is 11.6 Å². The molecule has 150 valence electrons. The second kappa shape index (κ2) is 7.00. The summed E-state index contributed by atoms with van der Waals surface area (Å²) in [5, 5.41) is 4.64. The normalized spacial score (nSPS) is 12.8. The third-order valence-corrected chi connectivity index (χ3v) is 4.91. The Kier molecular flexibility index (Phi) is 4.62. The molecule has 0 bridgehead atoms. The van der Waals surface area contributed by atoms with Crippen molar-refractivity contribution in [2.75, 3.05) is 16.4 Å². The summed E-state index contributed by atoms with van der Waals surface area (Å²) < 4.78 is 38.3. The molecular formula is C19H15ClF3N5O. The minimum Gasteiger partial charge on any atom is -0.369 e. The number of H-pyrrole nitrogens is 1. The van der Waals surface area contributed by atoms with Crippen molar-refractivity contribution >= 4 is 35.0 Å². The number of fused-ring (bicyclic) bond motifs is 3. The minimum atomic E-state index is -4.56. The van der Waals surface area contributed by atoms with Crippen LogP contribution in [-0.4, -0.2) is 16.0 Å². The number of rotatable bonds is 2. The van der Waals surface area contributed by atoms with Gasteiger partial charge < -0.3 is 21.4 Å². The quantitative estimate of drug-likeness (QED) is 0.465. The number of anilines is 3. The molecule has 0 radical (unpaired) electrons. The van der Waals surface area contributed by atoms with Gasteiger partial charge in [-0.05, 0) is 48.7 Å². The summed E-state index contributed by atoms with van der Waals surface area (Å²) in [6.45, 7) is 0. The zero-order valence-corrected chi connectivity index (χ0v) is 15.6. The molecule has 0 fully saturated rings. The van der Waals surface area contributed by atoms with Crippen LogP contribution in [0.4, 0.5) is 35.3 Å². The molecule has 1 heterocycles. The molecule has 0 aliphatic heterocycles. The van der Waals surface area contributed by atoms with Crippen molar-refractivity contribution < 1.29 is 18.0 Å². The summed E-state index contributed by atoms with van der Waals surface area (Å²) in [4.78, 5) is 19.6. The first-order valence-electron chi connectivity index (χ1n) is 8.63. The van der Waals surface area contributed by atoms with E-state index in [9.17, 15) is 18.0 Å². The largest absolute Gasteiger partial charge is 0.417 e. The van der Waals surface area contributed by atoms with Crippen LogP contribution in [0.15, 0.2) is 36.4 Å². The number of imidazole rings is 1. The summed E-state index contributed by atoms with van der Waals surface area (Å²) >= 11 is 5.68. The molecule has 3 aromatic rings. The highest BCUT2D eigenvalue weighted by molar-refractivity contribution is 6.31. The lowest BCUT2D eigenvalue weighted by molar-refractivity contribution is -0.137. The summed E-state index contributed by atoms with van der Waals surface area (Å²) in [5.41, 5.74) is 9.12. The lowest BCUT2D eigenvalue weighted by Crippen LogP contribution is -2.20. The lowest BCUT2D eigenvalue weighted by atomic mass is 9.92. The highest BCUT2D eigenvalue weighted by Crippen LogP contribution is 2.36. The lowest BCUT2D eigenvalue weighted by Gasteiger charge is -2.17. The maximum absolute atomic E-state index is 12.8. The number of hydrogen-bond donors (Lipinski definition) is 4. The Bertz CT molecular complexity index is 1110. The Labute approximate surface area is 168 Å². The topological polar surface area (TPSA) is 95.8 Å². The Hall–Kier alpha value is -3.20. The maximum Gasteiger partial charge on any atom is 0.417 e. The molecule has 29 heavy (non-hydrogen) atoms. The Morgan fingerprint density at radius 3 is 2.48 bits per heavy atom. The number of carbonyl (C=O) groups is 1. The molecule has 1 aromatic heterocycles. The van der Waals surface area contributed by atoms with Crippen molar-refractivity contribution in [3.05, 3.63) is 58.2 Å². The van der Waals surface area contributed by atoms with Crippen LogP contribution in [0.25, 0.3) is 11.3 Å². The van der Waals surface area contributed by atoms with Crippen molar-refractivity contribution in [2.45, 2.75) is 19.0 Å². The van der Waals surface area contributed by atoms with Crippen molar-refractivity contribution in [1.82, 2.24) is 9.97 Å². The second-order valence-corrected chi connectivity index (χ2v) is 6.99. The van der Waals surface area contributed by atoms with E-state index < -0.39 is 22.8 Å². The molecule has 6 nitrogen and oxygen atoms in total. The molecule has 4 rings (SSSR count). The first kappa shape index (κ1) is 19.1. The minimum absolute atomic E-state index is 0.141. The number of urea groups is 1. The van der Waals surface area contributed by atoms with Gasteiger partial charge in [0.1, 0.15) is 0 Å². The van der Waals surface area contributed by atoms with E-state index in [1.807, 2.05) is 6.07 Å². The van der Waals surface area contributed by atoms with Gasteiger partial charge in [-0.2, -0.15) is 13.2 Å². The SMILES string of the molecule is Nc1nc2c([nH]1)-c1cc(NC(=O)Nc3ccc(C(F)(F)F)c(Cl)c3)ccc1CC2. The number of amides is 2. The van der Waals surface area contributed by atoms with Crippen LogP contribution in [0.3, 0.4) is 0 Å². The third kappa shape index (κ3) is 3.86. The number of halogens is 4. The van der Waals surface area contributed by atoms with Crippen LogP contribution >= 0.6 is 11.6 Å². The monoisotopic (exact) mass is 421 g/mol. The number of nitrogens with two attached hydrogens (primary N) is 1. The van der Waals surface area contributed by atoms with Crippen molar-refractivity contribution in [2.24, 2.45) is 0 Å². The average Bonchev–Trinajstić information content (AvgIpc) is 3.01. The summed E-state index contributed by atoms with van der Waals surface area (Å²) in [5.74, 6) is 0.332. The number of aryl methyl sites for hydroxylation is 2. The van der Waals surface area contributed by atoms with Gasteiger partial charge in [0.2, 0.25) is 0 Å². The van der Waals surface area contributed by atoms with Crippen molar-refractivity contribution in [3.63, 3.8) is 0 Å². The van der Waals surface area contributed by atoms with Gasteiger partial charge in [-0.1, -0.05) is 17.7 Å². The number of nitrogen functional groups attached to an aromatic ring is 1. The summed E-state index contributed by atoms with van der Waals surface area (Å²) in [6, 6.07) is 7.85.